The average Bonchev–Trinajstić information content (AvgIpc) is 2.19. The maximum Gasteiger partial charge on any atom is 0.0626 e. The molecule has 0 atom stereocenters. The summed E-state index contributed by atoms with van der Waals surface area (Å²) in [6.45, 7) is 1.98. The summed E-state index contributed by atoms with van der Waals surface area (Å²) in [6, 6.07) is 0. The lowest BCUT2D eigenvalue weighted by Crippen LogP contribution is -1.85. The molecule has 1 aliphatic rings. The Hall–Kier alpha value is -0.980. The van der Waals surface area contributed by atoms with E-state index < -0.39 is 0 Å². The third-order valence-electron chi connectivity index (χ3n) is 0.914. The lowest BCUT2D eigenvalue weighted by molar-refractivity contribution is 1.12. The highest BCUT2D eigenvalue weighted by Crippen LogP contribution is 2.00. The predicted octanol–water partition coefficient (Wildman–Crippen LogP) is 1.58. The molecule has 0 spiro atoms. The highest BCUT2D eigenvalue weighted by atomic mass is 14.9. The Kier molecular flexibility index (Phi) is 1.52. The molecule has 0 aromatic heterocycles. The maximum atomic E-state index is 4.02. The smallest absolute Gasteiger partial charge is 0.0626 e. The Morgan fingerprint density at radius 1 is 1.62 bits per heavy atom. The van der Waals surface area contributed by atoms with Crippen LogP contribution in [-0.4, -0.2) is 0 Å². The highest BCUT2D eigenvalue weighted by Gasteiger charge is 1.90. The average molecular weight is 106 g/mol. The van der Waals surface area contributed by atoms with Gasteiger partial charge in [-0.05, 0) is 25.2 Å². The van der Waals surface area contributed by atoms with Crippen LogP contribution in [0.2, 0.25) is 0 Å². The van der Waals surface area contributed by atoms with Gasteiger partial charge in [0.2, 0.25) is 0 Å². The van der Waals surface area contributed by atoms with Crippen molar-refractivity contribution in [3.05, 3.63) is 36.2 Å². The molecule has 1 aliphatic heterocycles. The zero-order chi connectivity index (χ0) is 5.82. The second-order valence-corrected chi connectivity index (χ2v) is 1.56. The second-order valence-electron chi connectivity index (χ2n) is 1.56. The summed E-state index contributed by atoms with van der Waals surface area (Å²) in [5.41, 5.74) is 1.03. The van der Waals surface area contributed by atoms with Gasteiger partial charge >= 0.3 is 0 Å². The van der Waals surface area contributed by atoms with Crippen molar-refractivity contribution >= 4 is 0 Å². The monoisotopic (exact) mass is 106 g/mol. The van der Waals surface area contributed by atoms with Gasteiger partial charge in [-0.2, -0.15) is 0 Å². The van der Waals surface area contributed by atoms with E-state index >= 15 is 0 Å². The molecule has 1 rings (SSSR count). The van der Waals surface area contributed by atoms with Crippen LogP contribution in [0.4, 0.5) is 0 Å². The Bertz CT molecular complexity index is 152. The van der Waals surface area contributed by atoms with E-state index in [-0.39, 0.29) is 0 Å². The van der Waals surface area contributed by atoms with Crippen LogP contribution in [0.15, 0.2) is 36.2 Å². The van der Waals surface area contributed by atoms with Crippen molar-refractivity contribution in [3.8, 4) is 0 Å². The lowest BCUT2D eigenvalue weighted by Gasteiger charge is -1.86. The number of nitrogens with zero attached hydrogens (tertiary/aromatic N) is 1. The van der Waals surface area contributed by atoms with Crippen molar-refractivity contribution in [1.29, 1.82) is 0 Å². The first-order valence-corrected chi connectivity index (χ1v) is 2.64. The molecule has 41 valence electrons. The molecular formula is C7H8N. The van der Waals surface area contributed by atoms with Crippen LogP contribution >= 0.6 is 0 Å². The van der Waals surface area contributed by atoms with Gasteiger partial charge < -0.3 is 0 Å². The van der Waals surface area contributed by atoms with Gasteiger partial charge in [0.15, 0.2) is 0 Å². The summed E-state index contributed by atoms with van der Waals surface area (Å²) in [5, 5.41) is 4.02. The second kappa shape index (κ2) is 2.36. The minimum absolute atomic E-state index is 1.03. The van der Waals surface area contributed by atoms with Crippen LogP contribution in [0.1, 0.15) is 6.92 Å². The van der Waals surface area contributed by atoms with Crippen molar-refractivity contribution in [2.75, 3.05) is 0 Å². The van der Waals surface area contributed by atoms with Gasteiger partial charge in [-0.3, -0.25) is 5.32 Å². The molecule has 0 N–H and O–H groups in total. The van der Waals surface area contributed by atoms with Gasteiger partial charge in [-0.15, -0.1) is 0 Å². The molecule has 1 heterocycles. The molecule has 0 fully saturated rings. The van der Waals surface area contributed by atoms with Gasteiger partial charge in [0.25, 0.3) is 0 Å². The zero-order valence-electron chi connectivity index (χ0n) is 4.83. The molecule has 0 saturated heterocycles. The topological polar surface area (TPSA) is 14.1 Å². The Morgan fingerprint density at radius 2 is 2.50 bits per heavy atom. The number of allylic oxidation sites excluding steroid dienone is 4. The van der Waals surface area contributed by atoms with Crippen LogP contribution in [0, 0.1) is 0 Å². The quantitative estimate of drug-likeness (QED) is 0.482. The van der Waals surface area contributed by atoms with Gasteiger partial charge in [-0.1, -0.05) is 6.08 Å². The van der Waals surface area contributed by atoms with Crippen LogP contribution in [0.25, 0.3) is 0 Å². The van der Waals surface area contributed by atoms with E-state index in [0.717, 1.165) is 5.70 Å². The molecule has 1 nitrogen and oxygen atoms in total. The summed E-state index contributed by atoms with van der Waals surface area (Å²) in [5.74, 6) is 0. The fraction of sp³-hybridized carbons (Fsp3) is 0.143. The van der Waals surface area contributed by atoms with Crippen molar-refractivity contribution in [1.82, 2.24) is 5.32 Å². The standard InChI is InChI=1S/C7H8N/c1-2-4-7-5-3-6-8-7/h2-6H,1H3/b4-2-. The molecule has 8 heavy (non-hydrogen) atoms. The molecule has 0 saturated carbocycles. The lowest BCUT2D eigenvalue weighted by atomic mass is 10.4. The molecule has 1 heteroatoms. The molecular weight excluding hydrogens is 98.1 g/mol. The molecule has 1 radical (unpaired) electrons. The highest BCUT2D eigenvalue weighted by molar-refractivity contribution is 5.27. The van der Waals surface area contributed by atoms with E-state index in [9.17, 15) is 0 Å². The van der Waals surface area contributed by atoms with Crippen LogP contribution < -0.4 is 5.32 Å². The van der Waals surface area contributed by atoms with Crippen molar-refractivity contribution in [3.63, 3.8) is 0 Å². The largest absolute Gasteiger partial charge is 0.257 e. The normalized spacial score (nSPS) is 16.9. The summed E-state index contributed by atoms with van der Waals surface area (Å²) in [4.78, 5) is 0. The minimum atomic E-state index is 1.03. The van der Waals surface area contributed by atoms with Crippen molar-refractivity contribution in [2.45, 2.75) is 6.92 Å². The van der Waals surface area contributed by atoms with Gasteiger partial charge in [0.05, 0.1) is 5.70 Å². The molecule has 0 aliphatic carbocycles. The molecule has 0 bridgehead atoms. The molecule has 0 amide bonds. The molecule has 0 unspecified atom stereocenters. The third kappa shape index (κ3) is 0.997. The minimum Gasteiger partial charge on any atom is -0.257 e. The predicted molar refractivity (Wildman–Crippen MR) is 34.2 cm³/mol. The van der Waals surface area contributed by atoms with Crippen molar-refractivity contribution in [2.24, 2.45) is 0 Å². The fourth-order valence-electron chi connectivity index (χ4n) is 0.583. The summed E-state index contributed by atoms with van der Waals surface area (Å²) in [6.07, 6.45) is 9.63. The first-order valence-electron chi connectivity index (χ1n) is 2.64. The van der Waals surface area contributed by atoms with Gasteiger partial charge in [-0.25, -0.2) is 0 Å². The SMILES string of the molecule is C/C=C\C1=CC=C[N]1. The van der Waals surface area contributed by atoms with Crippen LogP contribution in [0.3, 0.4) is 0 Å². The van der Waals surface area contributed by atoms with E-state index in [0.29, 0.717) is 0 Å². The first kappa shape index (κ1) is 5.16. The van der Waals surface area contributed by atoms with Crippen LogP contribution in [-0.2, 0) is 0 Å². The number of hydrogen-bond donors (Lipinski definition) is 0. The van der Waals surface area contributed by atoms with Crippen LogP contribution in [0.5, 0.6) is 0 Å². The first-order chi connectivity index (χ1) is 3.93. The number of rotatable bonds is 1. The van der Waals surface area contributed by atoms with E-state index in [1.165, 1.54) is 0 Å². The van der Waals surface area contributed by atoms with Crippen molar-refractivity contribution < 1.29 is 0 Å². The Balaban J connectivity index is 2.51. The van der Waals surface area contributed by atoms with Gasteiger partial charge in [0, 0.05) is 6.20 Å². The zero-order valence-corrected chi connectivity index (χ0v) is 4.83. The number of hydrogen-bond acceptors (Lipinski definition) is 0. The summed E-state index contributed by atoms with van der Waals surface area (Å²) in [7, 11) is 0. The third-order valence-corrected chi connectivity index (χ3v) is 0.914. The maximum absolute atomic E-state index is 4.02. The van der Waals surface area contributed by atoms with E-state index in [4.69, 9.17) is 0 Å². The van der Waals surface area contributed by atoms with E-state index in [2.05, 4.69) is 5.32 Å². The Morgan fingerprint density at radius 3 is 3.00 bits per heavy atom. The summed E-state index contributed by atoms with van der Waals surface area (Å²) < 4.78 is 0. The van der Waals surface area contributed by atoms with Gasteiger partial charge in [0.1, 0.15) is 0 Å². The Labute approximate surface area is 49.4 Å². The molecule has 0 aromatic rings. The molecule has 0 aromatic carbocycles. The van der Waals surface area contributed by atoms with E-state index in [1.54, 1.807) is 6.20 Å². The van der Waals surface area contributed by atoms with E-state index in [1.807, 2.05) is 31.2 Å². The fourth-order valence-corrected chi connectivity index (χ4v) is 0.583. The summed E-state index contributed by atoms with van der Waals surface area (Å²) >= 11 is 0.